The van der Waals surface area contributed by atoms with Crippen molar-refractivity contribution in [2.45, 2.75) is 18.0 Å². The van der Waals surface area contributed by atoms with Gasteiger partial charge in [0.1, 0.15) is 11.9 Å². The van der Waals surface area contributed by atoms with Gasteiger partial charge in [0.05, 0.1) is 4.90 Å². The molecule has 0 saturated carbocycles. The molecule has 3 aromatic rings. The Balaban J connectivity index is 1.62. The number of amides is 1. The van der Waals surface area contributed by atoms with Crippen LogP contribution in [0.15, 0.2) is 89.8 Å². The second-order valence-electron chi connectivity index (χ2n) is 7.40. The van der Waals surface area contributed by atoms with E-state index in [0.717, 1.165) is 11.1 Å². The minimum Gasteiger partial charge on any atom is -0.484 e. The number of benzene rings is 3. The van der Waals surface area contributed by atoms with Crippen LogP contribution in [-0.2, 0) is 14.8 Å². The Morgan fingerprint density at radius 2 is 1.52 bits per heavy atom. The van der Waals surface area contributed by atoms with Gasteiger partial charge in [0.25, 0.3) is 5.91 Å². The Labute approximate surface area is 182 Å². The predicted octanol–water partition coefficient (Wildman–Crippen LogP) is 3.61. The van der Waals surface area contributed by atoms with E-state index in [9.17, 15) is 13.2 Å². The van der Waals surface area contributed by atoms with Crippen molar-refractivity contribution >= 4 is 15.9 Å². The smallest absolute Gasteiger partial charge is 0.262 e. The molecule has 0 bridgehead atoms. The average molecular weight is 437 g/mol. The van der Waals surface area contributed by atoms with Crippen molar-refractivity contribution in [3.63, 3.8) is 0 Å². The number of aryl methyl sites for hydroxylation is 1. The predicted molar refractivity (Wildman–Crippen MR) is 118 cm³/mol. The molecule has 160 valence electrons. The number of para-hydroxylation sites is 1. The summed E-state index contributed by atoms with van der Waals surface area (Å²) in [4.78, 5) is 14.8. The Morgan fingerprint density at radius 1 is 0.903 bits per heavy atom. The summed E-state index contributed by atoms with van der Waals surface area (Å²) in [5.41, 5.74) is 1.72. The third-order valence-corrected chi connectivity index (χ3v) is 7.15. The van der Waals surface area contributed by atoms with Gasteiger partial charge in [-0.1, -0.05) is 66.2 Å². The van der Waals surface area contributed by atoms with Gasteiger partial charge in [0.15, 0.2) is 6.61 Å². The normalized spacial score (nSPS) is 16.9. The second-order valence-corrected chi connectivity index (χ2v) is 9.29. The van der Waals surface area contributed by atoms with Gasteiger partial charge in [-0.25, -0.2) is 8.42 Å². The monoisotopic (exact) mass is 436 g/mol. The molecule has 0 spiro atoms. The average Bonchev–Trinajstić information content (AvgIpc) is 3.25. The summed E-state index contributed by atoms with van der Waals surface area (Å²) < 4.78 is 33.9. The molecule has 1 aliphatic rings. The SMILES string of the molecule is Cc1ccc(S(=O)(=O)N2CCN(C(=O)COc3ccccc3)[C@@H]2c2ccccc2)cc1. The molecule has 31 heavy (non-hydrogen) atoms. The van der Waals surface area contributed by atoms with E-state index in [-0.39, 0.29) is 24.0 Å². The zero-order chi connectivity index (χ0) is 21.8. The minimum atomic E-state index is -3.79. The molecule has 1 saturated heterocycles. The molecular weight excluding hydrogens is 412 g/mol. The Morgan fingerprint density at radius 3 is 2.16 bits per heavy atom. The number of hydrogen-bond acceptors (Lipinski definition) is 4. The van der Waals surface area contributed by atoms with Crippen LogP contribution >= 0.6 is 0 Å². The molecule has 0 unspecified atom stereocenters. The maximum atomic E-state index is 13.4. The number of ether oxygens (including phenoxy) is 1. The quantitative estimate of drug-likeness (QED) is 0.592. The van der Waals surface area contributed by atoms with E-state index in [4.69, 9.17) is 4.74 Å². The van der Waals surface area contributed by atoms with Crippen molar-refractivity contribution in [1.29, 1.82) is 0 Å². The lowest BCUT2D eigenvalue weighted by Gasteiger charge is -2.30. The topological polar surface area (TPSA) is 66.9 Å². The van der Waals surface area contributed by atoms with E-state index in [1.165, 1.54) is 4.31 Å². The Bertz CT molecular complexity index is 1130. The molecule has 0 aromatic heterocycles. The van der Waals surface area contributed by atoms with Crippen molar-refractivity contribution < 1.29 is 17.9 Å². The highest BCUT2D eigenvalue weighted by atomic mass is 32.2. The maximum Gasteiger partial charge on any atom is 0.262 e. The molecule has 1 aliphatic heterocycles. The van der Waals surface area contributed by atoms with Crippen molar-refractivity contribution in [2.24, 2.45) is 0 Å². The lowest BCUT2D eigenvalue weighted by Crippen LogP contribution is -2.39. The highest BCUT2D eigenvalue weighted by Gasteiger charge is 2.43. The van der Waals surface area contributed by atoms with Crippen molar-refractivity contribution in [2.75, 3.05) is 19.7 Å². The number of rotatable bonds is 6. The van der Waals surface area contributed by atoms with Gasteiger partial charge in [-0.15, -0.1) is 0 Å². The zero-order valence-electron chi connectivity index (χ0n) is 17.2. The lowest BCUT2D eigenvalue weighted by atomic mass is 10.1. The van der Waals surface area contributed by atoms with Gasteiger partial charge in [-0.05, 0) is 36.8 Å². The van der Waals surface area contributed by atoms with E-state index in [1.54, 1.807) is 41.3 Å². The van der Waals surface area contributed by atoms with Crippen LogP contribution in [0.5, 0.6) is 5.75 Å². The Hall–Kier alpha value is -3.16. The summed E-state index contributed by atoms with van der Waals surface area (Å²) in [7, 11) is -3.79. The summed E-state index contributed by atoms with van der Waals surface area (Å²) in [6.45, 7) is 2.26. The summed E-state index contributed by atoms with van der Waals surface area (Å²) in [5.74, 6) is 0.328. The standard InChI is InChI=1S/C24H24N2O4S/c1-19-12-14-22(15-13-19)31(28,29)26-17-16-25(24(26)20-8-4-2-5-9-20)23(27)18-30-21-10-6-3-7-11-21/h2-15,24H,16-18H2,1H3/t24-/m0/s1. The number of carbonyl (C=O) groups is 1. The van der Waals surface area contributed by atoms with E-state index in [0.29, 0.717) is 12.3 Å². The lowest BCUT2D eigenvalue weighted by molar-refractivity contribution is -0.135. The highest BCUT2D eigenvalue weighted by molar-refractivity contribution is 7.89. The van der Waals surface area contributed by atoms with Crippen molar-refractivity contribution in [3.8, 4) is 5.75 Å². The first kappa shape index (κ1) is 21.1. The Kier molecular flexibility index (Phi) is 6.06. The fourth-order valence-corrected chi connectivity index (χ4v) is 5.25. The highest BCUT2D eigenvalue weighted by Crippen LogP contribution is 2.35. The summed E-state index contributed by atoms with van der Waals surface area (Å²) in [6.07, 6.45) is -0.723. The van der Waals surface area contributed by atoms with Crippen LogP contribution in [-0.4, -0.2) is 43.2 Å². The third-order valence-electron chi connectivity index (χ3n) is 5.28. The van der Waals surface area contributed by atoms with Crippen LogP contribution < -0.4 is 4.74 Å². The van der Waals surface area contributed by atoms with Crippen LogP contribution in [0.4, 0.5) is 0 Å². The van der Waals surface area contributed by atoms with Crippen LogP contribution in [0.1, 0.15) is 17.3 Å². The van der Waals surface area contributed by atoms with Crippen molar-refractivity contribution in [3.05, 3.63) is 96.1 Å². The van der Waals surface area contributed by atoms with E-state index < -0.39 is 16.2 Å². The summed E-state index contributed by atoms with van der Waals surface area (Å²) >= 11 is 0. The first-order valence-corrected chi connectivity index (χ1v) is 11.5. The fourth-order valence-electron chi connectivity index (χ4n) is 3.68. The van der Waals surface area contributed by atoms with Crippen molar-refractivity contribution in [1.82, 2.24) is 9.21 Å². The number of nitrogens with zero attached hydrogens (tertiary/aromatic N) is 2. The minimum absolute atomic E-state index is 0.161. The largest absolute Gasteiger partial charge is 0.484 e. The molecule has 7 heteroatoms. The van der Waals surface area contributed by atoms with Gasteiger partial charge >= 0.3 is 0 Å². The molecule has 1 heterocycles. The number of hydrogen-bond donors (Lipinski definition) is 0. The van der Waals surface area contributed by atoms with E-state index in [1.807, 2.05) is 55.5 Å². The first-order chi connectivity index (χ1) is 15.0. The van der Waals surface area contributed by atoms with E-state index in [2.05, 4.69) is 0 Å². The van der Waals surface area contributed by atoms with Gasteiger partial charge in [0.2, 0.25) is 10.0 Å². The first-order valence-electron chi connectivity index (χ1n) is 10.1. The fraction of sp³-hybridized carbons (Fsp3) is 0.208. The van der Waals surface area contributed by atoms with Crippen LogP contribution in [0.3, 0.4) is 0 Å². The van der Waals surface area contributed by atoms with Crippen LogP contribution in [0, 0.1) is 6.92 Å². The number of sulfonamides is 1. The van der Waals surface area contributed by atoms with E-state index >= 15 is 0 Å². The van der Waals surface area contributed by atoms with Crippen LogP contribution in [0.25, 0.3) is 0 Å². The van der Waals surface area contributed by atoms with Crippen LogP contribution in [0.2, 0.25) is 0 Å². The third kappa shape index (κ3) is 4.47. The van der Waals surface area contributed by atoms with Gasteiger partial charge in [-0.3, -0.25) is 4.79 Å². The van der Waals surface area contributed by atoms with Gasteiger partial charge < -0.3 is 9.64 Å². The molecule has 0 aliphatic carbocycles. The molecule has 4 rings (SSSR count). The molecule has 0 radical (unpaired) electrons. The molecule has 1 amide bonds. The van der Waals surface area contributed by atoms with Gasteiger partial charge in [0, 0.05) is 13.1 Å². The molecule has 3 aromatic carbocycles. The molecule has 6 nitrogen and oxygen atoms in total. The van der Waals surface area contributed by atoms with Gasteiger partial charge in [-0.2, -0.15) is 4.31 Å². The molecular formula is C24H24N2O4S. The summed E-state index contributed by atoms with van der Waals surface area (Å²) in [6, 6.07) is 25.1. The molecule has 1 atom stereocenters. The maximum absolute atomic E-state index is 13.4. The second kappa shape index (κ2) is 8.91. The number of carbonyl (C=O) groups excluding carboxylic acids is 1. The molecule has 1 fully saturated rings. The zero-order valence-corrected chi connectivity index (χ0v) is 18.0. The summed E-state index contributed by atoms with van der Waals surface area (Å²) in [5, 5.41) is 0. The molecule has 0 N–H and O–H groups in total.